The third-order valence-corrected chi connectivity index (χ3v) is 4.82. The van der Waals surface area contributed by atoms with Crippen LogP contribution in [0.25, 0.3) is 10.9 Å². The Morgan fingerprint density at radius 1 is 1.18 bits per heavy atom. The Kier molecular flexibility index (Phi) is 5.83. The predicted molar refractivity (Wildman–Crippen MR) is 105 cm³/mol. The summed E-state index contributed by atoms with van der Waals surface area (Å²) in [5.41, 5.74) is 1.49. The SMILES string of the molecule is COCCNC(=O)c1cccc2cnc(Nc3ccc(S(N)(=O)=O)cc3)nc12. The summed E-state index contributed by atoms with van der Waals surface area (Å²) in [7, 11) is -2.20. The second-order valence-electron chi connectivity index (χ2n) is 5.88. The highest BCUT2D eigenvalue weighted by Gasteiger charge is 2.12. The molecule has 0 bridgehead atoms. The van der Waals surface area contributed by atoms with Crippen LogP contribution in [0.15, 0.2) is 53.6 Å². The predicted octanol–water partition coefficient (Wildman–Crippen LogP) is 1.40. The van der Waals surface area contributed by atoms with E-state index < -0.39 is 10.0 Å². The van der Waals surface area contributed by atoms with Crippen LogP contribution in [-0.4, -0.2) is 44.6 Å². The minimum Gasteiger partial charge on any atom is -0.383 e. The molecule has 9 nitrogen and oxygen atoms in total. The summed E-state index contributed by atoms with van der Waals surface area (Å²) in [6.07, 6.45) is 1.61. The lowest BCUT2D eigenvalue weighted by molar-refractivity contribution is 0.0938. The first-order valence-corrected chi connectivity index (χ1v) is 9.86. The maximum atomic E-state index is 12.4. The second kappa shape index (κ2) is 8.30. The lowest BCUT2D eigenvalue weighted by atomic mass is 10.1. The van der Waals surface area contributed by atoms with E-state index in [0.29, 0.717) is 29.9 Å². The number of nitrogens with zero attached hydrogens (tertiary/aromatic N) is 2. The summed E-state index contributed by atoms with van der Waals surface area (Å²) in [5, 5.41) is 11.6. The van der Waals surface area contributed by atoms with Crippen molar-refractivity contribution in [2.24, 2.45) is 5.14 Å². The number of methoxy groups -OCH3 is 1. The quantitative estimate of drug-likeness (QED) is 0.509. The summed E-state index contributed by atoms with van der Waals surface area (Å²) in [6, 6.07) is 11.1. The zero-order valence-corrected chi connectivity index (χ0v) is 15.9. The van der Waals surface area contributed by atoms with Gasteiger partial charge in [0.05, 0.1) is 22.6 Å². The van der Waals surface area contributed by atoms with Gasteiger partial charge in [0.1, 0.15) is 0 Å². The van der Waals surface area contributed by atoms with Crippen molar-refractivity contribution < 1.29 is 17.9 Å². The minimum atomic E-state index is -3.76. The number of primary sulfonamides is 1. The standard InChI is InChI=1S/C18H19N5O4S/c1-27-10-9-20-17(24)15-4-2-3-12-11-21-18(23-16(12)15)22-13-5-7-14(8-6-13)28(19,25)26/h2-8,11H,9-10H2,1H3,(H,20,24)(H2,19,25,26)(H,21,22,23). The van der Waals surface area contributed by atoms with E-state index in [2.05, 4.69) is 20.6 Å². The van der Waals surface area contributed by atoms with Gasteiger partial charge >= 0.3 is 0 Å². The number of benzene rings is 2. The third kappa shape index (κ3) is 4.60. The number of carbonyl (C=O) groups is 1. The number of amides is 1. The van der Waals surface area contributed by atoms with Gasteiger partial charge in [-0.15, -0.1) is 0 Å². The number of hydrogen-bond acceptors (Lipinski definition) is 7. The topological polar surface area (TPSA) is 136 Å². The molecule has 0 radical (unpaired) electrons. The zero-order chi connectivity index (χ0) is 20.1. The van der Waals surface area contributed by atoms with Crippen LogP contribution in [0.5, 0.6) is 0 Å². The van der Waals surface area contributed by atoms with Crippen LogP contribution in [-0.2, 0) is 14.8 Å². The number of para-hydroxylation sites is 1. The van der Waals surface area contributed by atoms with Gasteiger partial charge in [-0.05, 0) is 30.3 Å². The average molecular weight is 401 g/mol. The highest BCUT2D eigenvalue weighted by molar-refractivity contribution is 7.89. The molecule has 0 aliphatic rings. The van der Waals surface area contributed by atoms with Crippen molar-refractivity contribution in [3.8, 4) is 0 Å². The largest absolute Gasteiger partial charge is 0.383 e. The molecular formula is C18H19N5O4S. The van der Waals surface area contributed by atoms with Gasteiger partial charge in [0.25, 0.3) is 5.91 Å². The van der Waals surface area contributed by atoms with E-state index >= 15 is 0 Å². The van der Waals surface area contributed by atoms with Crippen LogP contribution in [0.3, 0.4) is 0 Å². The highest BCUT2D eigenvalue weighted by atomic mass is 32.2. The Hall–Kier alpha value is -3.08. The van der Waals surface area contributed by atoms with E-state index in [1.807, 2.05) is 6.07 Å². The van der Waals surface area contributed by atoms with Gasteiger partial charge in [0.2, 0.25) is 16.0 Å². The molecule has 0 aliphatic carbocycles. The lowest BCUT2D eigenvalue weighted by Crippen LogP contribution is -2.27. The number of carbonyl (C=O) groups excluding carboxylic acids is 1. The normalized spacial score (nSPS) is 11.4. The molecule has 2 aromatic carbocycles. The van der Waals surface area contributed by atoms with Gasteiger partial charge < -0.3 is 15.4 Å². The third-order valence-electron chi connectivity index (χ3n) is 3.89. The molecule has 4 N–H and O–H groups in total. The van der Waals surface area contributed by atoms with Gasteiger partial charge in [-0.2, -0.15) is 0 Å². The molecule has 0 atom stereocenters. The molecule has 0 saturated heterocycles. The Balaban J connectivity index is 1.87. The van der Waals surface area contributed by atoms with Gasteiger partial charge in [-0.3, -0.25) is 4.79 Å². The number of ether oxygens (including phenoxy) is 1. The van der Waals surface area contributed by atoms with E-state index in [0.717, 1.165) is 5.39 Å². The van der Waals surface area contributed by atoms with Crippen molar-refractivity contribution >= 4 is 38.5 Å². The number of hydrogen-bond donors (Lipinski definition) is 3. The van der Waals surface area contributed by atoms with Crippen LogP contribution < -0.4 is 15.8 Å². The second-order valence-corrected chi connectivity index (χ2v) is 7.44. The highest BCUT2D eigenvalue weighted by Crippen LogP contribution is 2.20. The molecule has 0 unspecified atom stereocenters. The first-order chi connectivity index (χ1) is 13.4. The number of nitrogens with one attached hydrogen (secondary N) is 2. The van der Waals surface area contributed by atoms with Crippen molar-refractivity contribution in [2.45, 2.75) is 4.90 Å². The van der Waals surface area contributed by atoms with Crippen molar-refractivity contribution in [3.63, 3.8) is 0 Å². The maximum absolute atomic E-state index is 12.4. The average Bonchev–Trinajstić information content (AvgIpc) is 2.67. The van der Waals surface area contributed by atoms with Crippen molar-refractivity contribution in [1.29, 1.82) is 0 Å². The van der Waals surface area contributed by atoms with Crippen molar-refractivity contribution in [3.05, 3.63) is 54.2 Å². The molecule has 3 rings (SSSR count). The van der Waals surface area contributed by atoms with Crippen LogP contribution in [0, 0.1) is 0 Å². The van der Waals surface area contributed by atoms with E-state index in [4.69, 9.17) is 9.88 Å². The minimum absolute atomic E-state index is 0.00694. The van der Waals surface area contributed by atoms with Gasteiger partial charge in [0.15, 0.2) is 0 Å². The van der Waals surface area contributed by atoms with E-state index in [1.165, 1.54) is 12.1 Å². The lowest BCUT2D eigenvalue weighted by Gasteiger charge is -2.09. The fourth-order valence-electron chi connectivity index (χ4n) is 2.52. The smallest absolute Gasteiger partial charge is 0.253 e. The van der Waals surface area contributed by atoms with Crippen molar-refractivity contribution in [1.82, 2.24) is 15.3 Å². The summed E-state index contributed by atoms with van der Waals surface area (Å²) in [5.74, 6) is 0.0119. The van der Waals surface area contributed by atoms with Crippen molar-refractivity contribution in [2.75, 3.05) is 25.6 Å². The fraction of sp³-hybridized carbons (Fsp3) is 0.167. The summed E-state index contributed by atoms with van der Waals surface area (Å²) >= 11 is 0. The Morgan fingerprint density at radius 2 is 1.93 bits per heavy atom. The molecule has 0 fully saturated rings. The maximum Gasteiger partial charge on any atom is 0.253 e. The summed E-state index contributed by atoms with van der Waals surface area (Å²) < 4.78 is 27.6. The molecule has 1 amide bonds. The fourth-order valence-corrected chi connectivity index (χ4v) is 3.03. The Bertz CT molecular complexity index is 1100. The summed E-state index contributed by atoms with van der Waals surface area (Å²) in [4.78, 5) is 21.1. The number of anilines is 2. The molecule has 1 heterocycles. The van der Waals surface area contributed by atoms with Crippen LogP contribution in [0.4, 0.5) is 11.6 Å². The molecule has 3 aromatic rings. The molecule has 0 saturated carbocycles. The number of nitrogens with two attached hydrogens (primary N) is 1. The van der Waals surface area contributed by atoms with Crippen LogP contribution in [0.1, 0.15) is 10.4 Å². The molecule has 28 heavy (non-hydrogen) atoms. The first kappa shape index (κ1) is 19.7. The molecule has 10 heteroatoms. The molecule has 0 aliphatic heterocycles. The van der Waals surface area contributed by atoms with Gasteiger partial charge in [-0.1, -0.05) is 12.1 Å². The Labute approximate surface area is 162 Å². The van der Waals surface area contributed by atoms with Gasteiger partial charge in [-0.25, -0.2) is 23.5 Å². The van der Waals surface area contributed by atoms with Gasteiger partial charge in [0, 0.05) is 30.9 Å². The number of sulfonamides is 1. The van der Waals surface area contributed by atoms with Crippen LogP contribution in [0.2, 0.25) is 0 Å². The Morgan fingerprint density at radius 3 is 2.61 bits per heavy atom. The van der Waals surface area contributed by atoms with E-state index in [1.54, 1.807) is 37.6 Å². The molecule has 1 aromatic heterocycles. The number of fused-ring (bicyclic) bond motifs is 1. The zero-order valence-electron chi connectivity index (χ0n) is 15.0. The first-order valence-electron chi connectivity index (χ1n) is 8.31. The summed E-state index contributed by atoms with van der Waals surface area (Å²) in [6.45, 7) is 0.797. The van der Waals surface area contributed by atoms with Crippen LogP contribution >= 0.6 is 0 Å². The van der Waals surface area contributed by atoms with E-state index in [9.17, 15) is 13.2 Å². The number of rotatable bonds is 7. The molecule has 0 spiro atoms. The number of aromatic nitrogens is 2. The molecule has 146 valence electrons. The van der Waals surface area contributed by atoms with E-state index in [-0.39, 0.29) is 16.8 Å². The monoisotopic (exact) mass is 401 g/mol. The molecular weight excluding hydrogens is 382 g/mol.